The van der Waals surface area contributed by atoms with Crippen molar-refractivity contribution >= 4 is 5.91 Å². The van der Waals surface area contributed by atoms with E-state index in [0.29, 0.717) is 30.6 Å². The van der Waals surface area contributed by atoms with Gasteiger partial charge in [-0.3, -0.25) is 4.79 Å². The summed E-state index contributed by atoms with van der Waals surface area (Å²) in [7, 11) is 0. The van der Waals surface area contributed by atoms with Crippen LogP contribution in [0.1, 0.15) is 41.0 Å². The van der Waals surface area contributed by atoms with Gasteiger partial charge < -0.3 is 9.64 Å². The molecule has 0 aromatic carbocycles. The lowest BCUT2D eigenvalue weighted by molar-refractivity contribution is -0.137. The first kappa shape index (κ1) is 23.1. The molecule has 1 unspecified atom stereocenters. The van der Waals surface area contributed by atoms with Crippen LogP contribution < -0.4 is 4.74 Å². The Labute approximate surface area is 198 Å². The Morgan fingerprint density at radius 1 is 1.06 bits per heavy atom. The number of pyridine rings is 2. The molecule has 11 heteroatoms. The van der Waals surface area contributed by atoms with E-state index in [9.17, 15) is 22.4 Å². The zero-order valence-electron chi connectivity index (χ0n) is 18.7. The molecule has 0 spiro atoms. The second kappa shape index (κ2) is 8.86. The SMILES string of the molecule is Cc1ccc(-c2ncc(F)cn2)c(C(=O)N2CC3CC[C@H]2[C@H](Oc2ccc(C(F)(F)F)cn2)C3)n1. The highest BCUT2D eigenvalue weighted by Crippen LogP contribution is 2.38. The van der Waals surface area contributed by atoms with Gasteiger partial charge in [0.05, 0.1) is 29.6 Å². The lowest BCUT2D eigenvalue weighted by atomic mass is 9.77. The van der Waals surface area contributed by atoms with E-state index >= 15 is 0 Å². The van der Waals surface area contributed by atoms with Crippen molar-refractivity contribution < 1.29 is 27.1 Å². The van der Waals surface area contributed by atoms with Gasteiger partial charge in [0, 0.05) is 24.5 Å². The van der Waals surface area contributed by atoms with Gasteiger partial charge in [-0.2, -0.15) is 13.2 Å². The molecular formula is C24H21F4N5O2. The molecule has 1 saturated carbocycles. The number of rotatable bonds is 4. The van der Waals surface area contributed by atoms with Crippen LogP contribution in [0.15, 0.2) is 42.9 Å². The molecule has 6 rings (SSSR count). The molecule has 2 saturated heterocycles. The van der Waals surface area contributed by atoms with E-state index in [0.717, 1.165) is 31.1 Å². The number of carbonyl (C=O) groups is 1. The first-order valence-corrected chi connectivity index (χ1v) is 11.2. The highest BCUT2D eigenvalue weighted by molar-refractivity contribution is 5.98. The molecule has 1 amide bonds. The number of carbonyl (C=O) groups excluding carboxylic acids is 1. The second-order valence-electron chi connectivity index (χ2n) is 8.82. The monoisotopic (exact) mass is 487 g/mol. The second-order valence-corrected chi connectivity index (χ2v) is 8.82. The normalized spacial score (nSPS) is 21.7. The van der Waals surface area contributed by atoms with Gasteiger partial charge in [-0.15, -0.1) is 0 Å². The minimum absolute atomic E-state index is 0.0806. The number of halogens is 4. The van der Waals surface area contributed by atoms with Crippen LogP contribution in [0, 0.1) is 18.7 Å². The van der Waals surface area contributed by atoms with Crippen molar-refractivity contribution in [2.45, 2.75) is 44.5 Å². The standard InChI is InChI=1S/C24H21F4N5O2/c1-13-2-5-17(22-30-10-16(25)11-31-22)21(32-13)23(34)33-12-14-3-6-18(33)19(8-14)35-20-7-4-15(9-29-20)24(26,27)28/h2,4-5,7,9-11,14,18-19H,3,6,8,12H2,1H3/t14?,18-,19+/m0/s1. The molecule has 5 heterocycles. The Morgan fingerprint density at radius 3 is 2.49 bits per heavy atom. The van der Waals surface area contributed by atoms with Crippen LogP contribution >= 0.6 is 0 Å². The molecule has 1 aliphatic carbocycles. The molecule has 0 radical (unpaired) electrons. The van der Waals surface area contributed by atoms with Crippen molar-refractivity contribution in [3.63, 3.8) is 0 Å². The highest BCUT2D eigenvalue weighted by atomic mass is 19.4. The number of hydrogen-bond acceptors (Lipinski definition) is 6. The smallest absolute Gasteiger partial charge is 0.417 e. The summed E-state index contributed by atoms with van der Waals surface area (Å²) in [5, 5.41) is 0. The number of nitrogens with zero attached hydrogens (tertiary/aromatic N) is 5. The third kappa shape index (κ3) is 4.67. The summed E-state index contributed by atoms with van der Waals surface area (Å²) in [6.07, 6.45) is 0.189. The van der Waals surface area contributed by atoms with E-state index in [4.69, 9.17) is 4.74 Å². The summed E-state index contributed by atoms with van der Waals surface area (Å²) in [5.41, 5.74) is 0.329. The number of hydrogen-bond donors (Lipinski definition) is 0. The number of aryl methyl sites for hydroxylation is 1. The molecular weight excluding hydrogens is 466 g/mol. The summed E-state index contributed by atoms with van der Waals surface area (Å²) < 4.78 is 57.8. The third-order valence-corrected chi connectivity index (χ3v) is 6.42. The van der Waals surface area contributed by atoms with Crippen molar-refractivity contribution in [3.05, 3.63) is 65.6 Å². The predicted molar refractivity (Wildman–Crippen MR) is 116 cm³/mol. The van der Waals surface area contributed by atoms with Gasteiger partial charge >= 0.3 is 6.18 Å². The third-order valence-electron chi connectivity index (χ3n) is 6.42. The fourth-order valence-corrected chi connectivity index (χ4v) is 4.75. The van der Waals surface area contributed by atoms with E-state index in [1.807, 2.05) is 0 Å². The van der Waals surface area contributed by atoms with E-state index < -0.39 is 23.7 Å². The molecule has 3 fully saturated rings. The van der Waals surface area contributed by atoms with E-state index in [1.165, 1.54) is 6.07 Å². The minimum atomic E-state index is -4.48. The van der Waals surface area contributed by atoms with Crippen LogP contribution in [0.25, 0.3) is 11.4 Å². The molecule has 3 aliphatic rings. The number of fused-ring (bicyclic) bond motifs is 3. The Morgan fingerprint density at radius 2 is 1.83 bits per heavy atom. The zero-order valence-corrected chi connectivity index (χ0v) is 18.7. The van der Waals surface area contributed by atoms with Crippen LogP contribution in [-0.2, 0) is 6.18 Å². The molecule has 7 nitrogen and oxygen atoms in total. The highest BCUT2D eigenvalue weighted by Gasteiger charge is 2.45. The van der Waals surface area contributed by atoms with E-state index in [1.54, 1.807) is 24.0 Å². The molecule has 182 valence electrons. The van der Waals surface area contributed by atoms with Crippen molar-refractivity contribution in [1.82, 2.24) is 24.8 Å². The Hall–Kier alpha value is -3.63. The predicted octanol–water partition coefficient (Wildman–Crippen LogP) is 4.47. The van der Waals surface area contributed by atoms with Crippen LogP contribution in [-0.4, -0.2) is 49.4 Å². The van der Waals surface area contributed by atoms with Crippen molar-refractivity contribution in [2.75, 3.05) is 6.54 Å². The summed E-state index contributed by atoms with van der Waals surface area (Å²) >= 11 is 0. The number of ether oxygens (including phenoxy) is 1. The summed E-state index contributed by atoms with van der Waals surface area (Å²) in [5.74, 6) is -0.464. The van der Waals surface area contributed by atoms with Gasteiger partial charge in [-0.05, 0) is 50.3 Å². The lowest BCUT2D eigenvalue weighted by Crippen LogP contribution is -2.59. The van der Waals surface area contributed by atoms with Gasteiger partial charge in [-0.1, -0.05) is 0 Å². The fraction of sp³-hybridized carbons (Fsp3) is 0.375. The maximum absolute atomic E-state index is 13.7. The number of alkyl halides is 3. The van der Waals surface area contributed by atoms with Gasteiger partial charge in [0.15, 0.2) is 11.6 Å². The maximum Gasteiger partial charge on any atom is 0.417 e. The quantitative estimate of drug-likeness (QED) is 0.505. The summed E-state index contributed by atoms with van der Waals surface area (Å²) in [6, 6.07) is 5.25. The van der Waals surface area contributed by atoms with Crippen molar-refractivity contribution in [2.24, 2.45) is 5.92 Å². The number of aromatic nitrogens is 4. The van der Waals surface area contributed by atoms with Gasteiger partial charge in [0.1, 0.15) is 11.8 Å². The molecule has 2 aliphatic heterocycles. The van der Waals surface area contributed by atoms with Gasteiger partial charge in [-0.25, -0.2) is 24.3 Å². The molecule has 35 heavy (non-hydrogen) atoms. The topological polar surface area (TPSA) is 81.1 Å². The molecule has 0 N–H and O–H groups in total. The van der Waals surface area contributed by atoms with E-state index in [-0.39, 0.29) is 35.3 Å². The summed E-state index contributed by atoms with van der Waals surface area (Å²) in [6.45, 7) is 2.28. The van der Waals surface area contributed by atoms with Crippen LogP contribution in [0.5, 0.6) is 5.88 Å². The average molecular weight is 487 g/mol. The molecule has 2 bridgehead atoms. The Balaban J connectivity index is 1.40. The van der Waals surface area contributed by atoms with Gasteiger partial charge in [0.25, 0.3) is 5.91 Å². The number of piperidine rings is 2. The van der Waals surface area contributed by atoms with Crippen LogP contribution in [0.2, 0.25) is 0 Å². The minimum Gasteiger partial charge on any atom is -0.472 e. The number of amides is 1. The van der Waals surface area contributed by atoms with Gasteiger partial charge in [0.2, 0.25) is 5.88 Å². The molecule has 3 aromatic heterocycles. The lowest BCUT2D eigenvalue weighted by Gasteiger charge is -2.49. The molecule has 3 atom stereocenters. The summed E-state index contributed by atoms with van der Waals surface area (Å²) in [4.78, 5) is 31.7. The average Bonchev–Trinajstić information content (AvgIpc) is 2.84. The van der Waals surface area contributed by atoms with E-state index in [2.05, 4.69) is 19.9 Å². The maximum atomic E-state index is 13.7. The first-order chi connectivity index (χ1) is 16.7. The van der Waals surface area contributed by atoms with Crippen molar-refractivity contribution in [3.8, 4) is 17.3 Å². The fourth-order valence-electron chi connectivity index (χ4n) is 4.75. The molecule has 3 aromatic rings. The largest absolute Gasteiger partial charge is 0.472 e. The Kier molecular flexibility index (Phi) is 5.86. The Bertz CT molecular complexity index is 1230. The first-order valence-electron chi connectivity index (χ1n) is 11.2. The van der Waals surface area contributed by atoms with Crippen molar-refractivity contribution in [1.29, 1.82) is 0 Å². The zero-order chi connectivity index (χ0) is 24.7. The van der Waals surface area contributed by atoms with Crippen LogP contribution in [0.3, 0.4) is 0 Å². The van der Waals surface area contributed by atoms with Crippen LogP contribution in [0.4, 0.5) is 17.6 Å².